The Bertz CT molecular complexity index is 782. The summed E-state index contributed by atoms with van der Waals surface area (Å²) in [7, 11) is -2.21. The van der Waals surface area contributed by atoms with Gasteiger partial charge < -0.3 is 5.21 Å². The maximum absolute atomic E-state index is 12.5. The number of hydrogen-bond acceptors (Lipinski definition) is 5. The highest BCUT2D eigenvalue weighted by molar-refractivity contribution is 7.92. The molecule has 0 amide bonds. The summed E-state index contributed by atoms with van der Waals surface area (Å²) in [5.74, 6) is 0.287. The standard InChI is InChI=1S/C15H17N3O3S/c1-11-4-7-14(8-5-11)22(20,21)18(3)15-9-6-13(10-16-15)12(2)17-19/h4-10,19H,1-3H3. The zero-order valence-corrected chi connectivity index (χ0v) is 13.4. The molecule has 6 nitrogen and oxygen atoms in total. The Hall–Kier alpha value is -2.41. The summed E-state index contributed by atoms with van der Waals surface area (Å²) < 4.78 is 26.2. The van der Waals surface area contributed by atoms with Gasteiger partial charge in [0.1, 0.15) is 5.82 Å². The molecule has 0 saturated carbocycles. The van der Waals surface area contributed by atoms with Crippen molar-refractivity contribution in [1.82, 2.24) is 4.98 Å². The van der Waals surface area contributed by atoms with Gasteiger partial charge in [0.05, 0.1) is 10.6 Å². The molecular formula is C15H17N3O3S. The van der Waals surface area contributed by atoms with E-state index < -0.39 is 10.0 Å². The van der Waals surface area contributed by atoms with Crippen LogP contribution in [0, 0.1) is 6.92 Å². The van der Waals surface area contributed by atoms with E-state index in [0.717, 1.165) is 9.87 Å². The van der Waals surface area contributed by atoms with Crippen LogP contribution in [0.15, 0.2) is 52.6 Å². The van der Waals surface area contributed by atoms with Gasteiger partial charge in [0.15, 0.2) is 0 Å². The molecule has 0 spiro atoms. The maximum atomic E-state index is 12.5. The summed E-state index contributed by atoms with van der Waals surface area (Å²) in [4.78, 5) is 4.32. The molecule has 0 aliphatic heterocycles. The lowest BCUT2D eigenvalue weighted by atomic mass is 10.2. The molecule has 116 valence electrons. The second-order valence-electron chi connectivity index (χ2n) is 4.88. The first-order valence-electron chi connectivity index (χ1n) is 6.57. The van der Waals surface area contributed by atoms with Crippen LogP contribution in [0.5, 0.6) is 0 Å². The maximum Gasteiger partial charge on any atom is 0.265 e. The minimum atomic E-state index is -3.66. The number of benzene rings is 1. The first kappa shape index (κ1) is 16.0. The average molecular weight is 319 g/mol. The molecule has 0 aliphatic carbocycles. The average Bonchev–Trinajstić information content (AvgIpc) is 2.54. The fourth-order valence-corrected chi connectivity index (χ4v) is 2.99. The number of oxime groups is 1. The van der Waals surface area contributed by atoms with Crippen molar-refractivity contribution >= 4 is 21.6 Å². The van der Waals surface area contributed by atoms with E-state index in [1.165, 1.54) is 13.2 Å². The quantitative estimate of drug-likeness (QED) is 0.533. The fraction of sp³-hybridized carbons (Fsp3) is 0.200. The summed E-state index contributed by atoms with van der Waals surface area (Å²) in [6.45, 7) is 3.52. The van der Waals surface area contributed by atoms with Crippen LogP contribution >= 0.6 is 0 Å². The smallest absolute Gasteiger partial charge is 0.265 e. The zero-order valence-electron chi connectivity index (χ0n) is 12.6. The third kappa shape index (κ3) is 3.09. The summed E-state index contributed by atoms with van der Waals surface area (Å²) in [6, 6.07) is 9.85. The van der Waals surface area contributed by atoms with E-state index in [1.54, 1.807) is 43.3 Å². The zero-order chi connectivity index (χ0) is 16.3. The van der Waals surface area contributed by atoms with E-state index in [2.05, 4.69) is 10.1 Å². The molecule has 0 bridgehead atoms. The number of pyridine rings is 1. The van der Waals surface area contributed by atoms with Crippen molar-refractivity contribution in [2.45, 2.75) is 18.7 Å². The van der Waals surface area contributed by atoms with E-state index in [0.29, 0.717) is 11.3 Å². The first-order chi connectivity index (χ1) is 10.4. The Labute approximate surface area is 129 Å². The molecule has 0 unspecified atom stereocenters. The van der Waals surface area contributed by atoms with Gasteiger partial charge in [-0.15, -0.1) is 0 Å². The summed E-state index contributed by atoms with van der Waals surface area (Å²) >= 11 is 0. The SMILES string of the molecule is CC(=NO)c1ccc(N(C)S(=O)(=O)c2ccc(C)cc2)nc1. The Balaban J connectivity index is 2.34. The van der Waals surface area contributed by atoms with Crippen molar-refractivity contribution in [2.75, 3.05) is 11.4 Å². The van der Waals surface area contributed by atoms with Crippen LogP contribution in [0.2, 0.25) is 0 Å². The van der Waals surface area contributed by atoms with Crippen LogP contribution in [0.25, 0.3) is 0 Å². The molecule has 1 aromatic heterocycles. The predicted octanol–water partition coefficient (Wildman–Crippen LogP) is 2.41. The highest BCUT2D eigenvalue weighted by Gasteiger charge is 2.22. The second-order valence-corrected chi connectivity index (χ2v) is 6.85. The number of hydrogen-bond donors (Lipinski definition) is 1. The van der Waals surface area contributed by atoms with Crippen LogP contribution in [-0.4, -0.2) is 31.4 Å². The monoisotopic (exact) mass is 319 g/mol. The second kappa shape index (κ2) is 6.15. The predicted molar refractivity (Wildman–Crippen MR) is 85.0 cm³/mol. The molecule has 2 aromatic rings. The van der Waals surface area contributed by atoms with Crippen molar-refractivity contribution < 1.29 is 13.6 Å². The Morgan fingerprint density at radius 1 is 1.18 bits per heavy atom. The fourth-order valence-electron chi connectivity index (χ4n) is 1.84. The largest absolute Gasteiger partial charge is 0.411 e. The molecule has 0 saturated heterocycles. The molecule has 0 fully saturated rings. The molecule has 0 aliphatic rings. The van der Waals surface area contributed by atoms with Gasteiger partial charge in [-0.05, 0) is 38.1 Å². The molecule has 0 radical (unpaired) electrons. The van der Waals surface area contributed by atoms with Crippen LogP contribution in [0.4, 0.5) is 5.82 Å². The molecule has 0 atom stereocenters. The van der Waals surface area contributed by atoms with Crippen LogP contribution in [-0.2, 0) is 10.0 Å². The summed E-state index contributed by atoms with van der Waals surface area (Å²) in [5, 5.41) is 11.8. The minimum Gasteiger partial charge on any atom is -0.411 e. The topological polar surface area (TPSA) is 82.9 Å². The Kier molecular flexibility index (Phi) is 4.46. The van der Waals surface area contributed by atoms with Crippen molar-refractivity contribution in [1.29, 1.82) is 0 Å². The Morgan fingerprint density at radius 2 is 1.82 bits per heavy atom. The summed E-state index contributed by atoms with van der Waals surface area (Å²) in [6.07, 6.45) is 1.46. The van der Waals surface area contributed by atoms with Crippen molar-refractivity contribution in [3.8, 4) is 0 Å². The molecule has 22 heavy (non-hydrogen) atoms. The van der Waals surface area contributed by atoms with Crippen LogP contribution in [0.1, 0.15) is 18.1 Å². The molecular weight excluding hydrogens is 302 g/mol. The van der Waals surface area contributed by atoms with Gasteiger partial charge >= 0.3 is 0 Å². The van der Waals surface area contributed by atoms with Gasteiger partial charge in [-0.3, -0.25) is 4.31 Å². The molecule has 1 heterocycles. The minimum absolute atomic E-state index is 0.208. The van der Waals surface area contributed by atoms with Gasteiger partial charge in [0, 0.05) is 18.8 Å². The van der Waals surface area contributed by atoms with E-state index in [-0.39, 0.29) is 10.7 Å². The number of sulfonamides is 1. The van der Waals surface area contributed by atoms with Gasteiger partial charge in [-0.2, -0.15) is 0 Å². The van der Waals surface area contributed by atoms with Crippen molar-refractivity contribution in [3.05, 3.63) is 53.7 Å². The van der Waals surface area contributed by atoms with Crippen LogP contribution < -0.4 is 4.31 Å². The normalized spacial score (nSPS) is 12.2. The number of nitrogens with zero attached hydrogens (tertiary/aromatic N) is 3. The lowest BCUT2D eigenvalue weighted by Crippen LogP contribution is -2.27. The van der Waals surface area contributed by atoms with E-state index in [4.69, 9.17) is 5.21 Å². The molecule has 1 N–H and O–H groups in total. The molecule has 2 rings (SSSR count). The third-order valence-electron chi connectivity index (χ3n) is 3.32. The molecule has 1 aromatic carbocycles. The van der Waals surface area contributed by atoms with Gasteiger partial charge in [-0.25, -0.2) is 13.4 Å². The number of aryl methyl sites for hydroxylation is 1. The van der Waals surface area contributed by atoms with E-state index >= 15 is 0 Å². The van der Waals surface area contributed by atoms with Crippen LogP contribution in [0.3, 0.4) is 0 Å². The lowest BCUT2D eigenvalue weighted by Gasteiger charge is -2.18. The van der Waals surface area contributed by atoms with Gasteiger partial charge in [-0.1, -0.05) is 22.9 Å². The number of rotatable bonds is 4. The van der Waals surface area contributed by atoms with E-state index in [1.807, 2.05) is 6.92 Å². The third-order valence-corrected chi connectivity index (χ3v) is 5.09. The van der Waals surface area contributed by atoms with Gasteiger partial charge in [0.25, 0.3) is 10.0 Å². The highest BCUT2D eigenvalue weighted by Crippen LogP contribution is 2.20. The Morgan fingerprint density at radius 3 is 2.32 bits per heavy atom. The lowest BCUT2D eigenvalue weighted by molar-refractivity contribution is 0.319. The van der Waals surface area contributed by atoms with Gasteiger partial charge in [0.2, 0.25) is 0 Å². The number of anilines is 1. The number of aromatic nitrogens is 1. The van der Waals surface area contributed by atoms with E-state index in [9.17, 15) is 8.42 Å². The highest BCUT2D eigenvalue weighted by atomic mass is 32.2. The first-order valence-corrected chi connectivity index (χ1v) is 8.01. The van der Waals surface area contributed by atoms with Crippen molar-refractivity contribution in [2.24, 2.45) is 5.16 Å². The summed E-state index contributed by atoms with van der Waals surface area (Å²) in [5.41, 5.74) is 2.01. The molecule has 7 heteroatoms. The van der Waals surface area contributed by atoms with Crippen molar-refractivity contribution in [3.63, 3.8) is 0 Å².